The summed E-state index contributed by atoms with van der Waals surface area (Å²) in [4.78, 5) is 0. The molecule has 21 heavy (non-hydrogen) atoms. The van der Waals surface area contributed by atoms with E-state index in [-0.39, 0.29) is 6.61 Å². The molecular weight excluding hydrogens is 282 g/mol. The maximum absolute atomic E-state index is 6.18. The van der Waals surface area contributed by atoms with Crippen LogP contribution >= 0.6 is 11.6 Å². The molecule has 0 aliphatic rings. The number of halogens is 1. The number of rotatable bonds is 6. The number of nitrogens with one attached hydrogen (secondary N) is 1. The number of ether oxygens (including phenoxy) is 1. The van der Waals surface area contributed by atoms with Gasteiger partial charge in [-0.1, -0.05) is 48.7 Å². The first kappa shape index (κ1) is 15.3. The first-order valence-electron chi connectivity index (χ1n) is 6.91. The Morgan fingerprint density at radius 2 is 2.05 bits per heavy atom. The molecule has 0 atom stereocenters. The summed E-state index contributed by atoms with van der Waals surface area (Å²) >= 11 is 6.18. The normalized spacial score (nSPS) is 9.95. The van der Waals surface area contributed by atoms with E-state index in [1.807, 2.05) is 24.3 Å². The Bertz CT molecular complexity index is 646. The maximum atomic E-state index is 6.18. The Balaban J connectivity index is 2.04. The van der Waals surface area contributed by atoms with Crippen molar-refractivity contribution < 1.29 is 4.74 Å². The lowest BCUT2D eigenvalue weighted by Crippen LogP contribution is -2.02. The third kappa shape index (κ3) is 4.18. The van der Waals surface area contributed by atoms with Gasteiger partial charge >= 0.3 is 0 Å². The van der Waals surface area contributed by atoms with E-state index < -0.39 is 0 Å². The quantitative estimate of drug-likeness (QED) is 0.792. The lowest BCUT2D eigenvalue weighted by molar-refractivity contribution is 0.370. The lowest BCUT2D eigenvalue weighted by Gasteiger charge is -2.12. The minimum atomic E-state index is 0.223. The van der Waals surface area contributed by atoms with E-state index in [0.717, 1.165) is 17.7 Å². The molecule has 108 valence electrons. The van der Waals surface area contributed by atoms with Gasteiger partial charge in [0.05, 0.1) is 5.02 Å². The monoisotopic (exact) mass is 299 g/mol. The second kappa shape index (κ2) is 7.61. The standard InChI is InChI=1S/C18H18ClNO/c1-3-11-21-18-10-9-14(12-16(18)19)13-20-17-8-6-5-7-15(17)4-2/h1,5-10,12,20H,4,11,13H2,2H3. The third-order valence-corrected chi connectivity index (χ3v) is 3.48. The van der Waals surface area contributed by atoms with Crippen molar-refractivity contribution in [3.8, 4) is 18.1 Å². The van der Waals surface area contributed by atoms with Crippen molar-refractivity contribution in [1.29, 1.82) is 0 Å². The summed E-state index contributed by atoms with van der Waals surface area (Å²) in [5, 5.41) is 4.02. The predicted octanol–water partition coefficient (Wildman–Crippen LogP) is 4.53. The molecule has 0 saturated carbocycles. The molecular formula is C18H18ClNO. The van der Waals surface area contributed by atoms with E-state index in [9.17, 15) is 0 Å². The highest BCUT2D eigenvalue weighted by Gasteiger charge is 2.04. The molecule has 0 aliphatic heterocycles. The van der Waals surface area contributed by atoms with Gasteiger partial charge in [-0.2, -0.15) is 0 Å². The number of aryl methyl sites for hydroxylation is 1. The average Bonchev–Trinajstić information content (AvgIpc) is 2.52. The van der Waals surface area contributed by atoms with Gasteiger partial charge in [-0.3, -0.25) is 0 Å². The molecule has 2 rings (SSSR count). The highest BCUT2D eigenvalue weighted by Crippen LogP contribution is 2.26. The Hall–Kier alpha value is -2.11. The fourth-order valence-electron chi connectivity index (χ4n) is 2.09. The Morgan fingerprint density at radius 3 is 2.76 bits per heavy atom. The van der Waals surface area contributed by atoms with Crippen LogP contribution in [0.5, 0.6) is 5.75 Å². The molecule has 2 aromatic carbocycles. The molecule has 0 unspecified atom stereocenters. The maximum Gasteiger partial charge on any atom is 0.148 e. The Kier molecular flexibility index (Phi) is 5.54. The van der Waals surface area contributed by atoms with Crippen LogP contribution in [-0.4, -0.2) is 6.61 Å². The van der Waals surface area contributed by atoms with Gasteiger partial charge in [0.15, 0.2) is 0 Å². The molecule has 0 heterocycles. The summed E-state index contributed by atoms with van der Waals surface area (Å²) in [7, 11) is 0. The van der Waals surface area contributed by atoms with Crippen molar-refractivity contribution in [2.24, 2.45) is 0 Å². The van der Waals surface area contributed by atoms with Crippen molar-refractivity contribution in [2.45, 2.75) is 19.9 Å². The molecule has 0 bridgehead atoms. The first-order chi connectivity index (χ1) is 10.2. The molecule has 0 spiro atoms. The Labute approximate surface area is 131 Å². The van der Waals surface area contributed by atoms with Crippen molar-refractivity contribution >= 4 is 17.3 Å². The van der Waals surface area contributed by atoms with Crippen molar-refractivity contribution in [3.05, 3.63) is 58.6 Å². The molecule has 0 fully saturated rings. The van der Waals surface area contributed by atoms with Gasteiger partial charge in [-0.25, -0.2) is 0 Å². The topological polar surface area (TPSA) is 21.3 Å². The van der Waals surface area contributed by atoms with Gasteiger partial charge in [0.2, 0.25) is 0 Å². The largest absolute Gasteiger partial charge is 0.479 e. The zero-order valence-corrected chi connectivity index (χ0v) is 12.8. The number of terminal acetylenes is 1. The summed E-state index contributed by atoms with van der Waals surface area (Å²) in [6.45, 7) is 3.09. The molecule has 1 N–H and O–H groups in total. The number of hydrogen-bond donors (Lipinski definition) is 1. The number of hydrogen-bond acceptors (Lipinski definition) is 2. The SMILES string of the molecule is C#CCOc1ccc(CNc2ccccc2CC)cc1Cl. The molecule has 0 aliphatic carbocycles. The molecule has 0 aromatic heterocycles. The van der Waals surface area contributed by atoms with Crippen LogP contribution in [0.4, 0.5) is 5.69 Å². The Morgan fingerprint density at radius 1 is 1.24 bits per heavy atom. The minimum Gasteiger partial charge on any atom is -0.479 e. The second-order valence-corrected chi connectivity index (χ2v) is 5.03. The molecule has 2 aromatic rings. The van der Waals surface area contributed by atoms with E-state index in [4.69, 9.17) is 22.8 Å². The first-order valence-corrected chi connectivity index (χ1v) is 7.29. The summed E-state index contributed by atoms with van der Waals surface area (Å²) in [5.74, 6) is 3.04. The van der Waals surface area contributed by atoms with Crippen LogP contribution in [0.3, 0.4) is 0 Å². The number of para-hydroxylation sites is 1. The van der Waals surface area contributed by atoms with E-state index in [2.05, 4.69) is 36.4 Å². The predicted molar refractivity (Wildman–Crippen MR) is 88.9 cm³/mol. The van der Waals surface area contributed by atoms with Crippen LogP contribution in [0.15, 0.2) is 42.5 Å². The minimum absolute atomic E-state index is 0.223. The van der Waals surface area contributed by atoms with E-state index in [0.29, 0.717) is 17.3 Å². The second-order valence-electron chi connectivity index (χ2n) is 4.62. The van der Waals surface area contributed by atoms with Crippen LogP contribution in [0, 0.1) is 12.3 Å². The van der Waals surface area contributed by atoms with Crippen LogP contribution < -0.4 is 10.1 Å². The fourth-order valence-corrected chi connectivity index (χ4v) is 2.35. The van der Waals surface area contributed by atoms with Crippen LogP contribution in [0.2, 0.25) is 5.02 Å². The molecule has 3 heteroatoms. The van der Waals surface area contributed by atoms with Crippen LogP contribution in [0.1, 0.15) is 18.1 Å². The average molecular weight is 300 g/mol. The highest BCUT2D eigenvalue weighted by atomic mass is 35.5. The van der Waals surface area contributed by atoms with E-state index >= 15 is 0 Å². The van der Waals surface area contributed by atoms with Gasteiger partial charge in [0.25, 0.3) is 0 Å². The van der Waals surface area contributed by atoms with E-state index in [1.165, 1.54) is 5.56 Å². The van der Waals surface area contributed by atoms with Gasteiger partial charge in [-0.05, 0) is 35.7 Å². The zero-order valence-electron chi connectivity index (χ0n) is 12.0. The van der Waals surface area contributed by atoms with Gasteiger partial charge in [0, 0.05) is 12.2 Å². The fraction of sp³-hybridized carbons (Fsp3) is 0.222. The van der Waals surface area contributed by atoms with Gasteiger partial charge in [0.1, 0.15) is 12.4 Å². The third-order valence-electron chi connectivity index (χ3n) is 3.19. The molecule has 0 saturated heterocycles. The van der Waals surface area contributed by atoms with E-state index in [1.54, 1.807) is 0 Å². The summed E-state index contributed by atoms with van der Waals surface area (Å²) < 4.78 is 5.35. The van der Waals surface area contributed by atoms with Crippen LogP contribution in [-0.2, 0) is 13.0 Å². The lowest BCUT2D eigenvalue weighted by atomic mass is 10.1. The zero-order chi connectivity index (χ0) is 15.1. The molecule has 0 radical (unpaired) electrons. The summed E-state index contributed by atoms with van der Waals surface area (Å²) in [6.07, 6.45) is 6.17. The smallest absolute Gasteiger partial charge is 0.148 e. The molecule has 0 amide bonds. The number of anilines is 1. The summed E-state index contributed by atoms with van der Waals surface area (Å²) in [5.41, 5.74) is 3.56. The molecule has 2 nitrogen and oxygen atoms in total. The van der Waals surface area contributed by atoms with Gasteiger partial charge < -0.3 is 10.1 Å². The van der Waals surface area contributed by atoms with Crippen molar-refractivity contribution in [1.82, 2.24) is 0 Å². The van der Waals surface area contributed by atoms with Crippen molar-refractivity contribution in [2.75, 3.05) is 11.9 Å². The van der Waals surface area contributed by atoms with Crippen molar-refractivity contribution in [3.63, 3.8) is 0 Å². The van der Waals surface area contributed by atoms with Crippen LogP contribution in [0.25, 0.3) is 0 Å². The van der Waals surface area contributed by atoms with Gasteiger partial charge in [-0.15, -0.1) is 6.42 Å². The highest BCUT2D eigenvalue weighted by molar-refractivity contribution is 6.32. The number of benzene rings is 2. The summed E-state index contributed by atoms with van der Waals surface area (Å²) in [6, 6.07) is 14.0.